The highest BCUT2D eigenvalue weighted by atomic mass is 16.2. The van der Waals surface area contributed by atoms with Gasteiger partial charge in [0.2, 0.25) is 18.2 Å². The fraction of sp³-hybridized carbons (Fsp3) is 0.643. The minimum Gasteiger partial charge on any atom is -0.350 e. The Morgan fingerprint density at radius 2 is 1.71 bits per heavy atom. The molecule has 0 saturated heterocycles. The van der Waals surface area contributed by atoms with Crippen molar-refractivity contribution in [2.45, 2.75) is 20.8 Å². The topological polar surface area (TPSA) is 81.8 Å². The third-order valence-electron chi connectivity index (χ3n) is 2.86. The van der Waals surface area contributed by atoms with E-state index in [1.165, 1.54) is 4.90 Å². The molecule has 0 saturated carbocycles. The third kappa shape index (κ3) is 6.89. The molecule has 0 fully saturated rings. The molecule has 1 atom stereocenters. The number of amides is 3. The van der Waals surface area contributed by atoms with Gasteiger partial charge in [-0.25, -0.2) is 5.01 Å². The Bertz CT molecular complexity index is 405. The number of rotatable bonds is 8. The Morgan fingerprint density at radius 3 is 2.14 bits per heavy atom. The molecule has 0 aliphatic rings. The summed E-state index contributed by atoms with van der Waals surface area (Å²) in [6, 6.07) is 0. The molecule has 0 aromatic rings. The maximum Gasteiger partial charge on any atom is 0.245 e. The number of allylic oxidation sites excluding steroid dienone is 1. The molecular formula is C14H26N4O3. The van der Waals surface area contributed by atoms with Crippen LogP contribution in [0, 0.1) is 11.8 Å². The van der Waals surface area contributed by atoms with E-state index in [1.807, 2.05) is 13.8 Å². The molecule has 7 heteroatoms. The van der Waals surface area contributed by atoms with E-state index in [-0.39, 0.29) is 30.2 Å². The molecular weight excluding hydrogens is 272 g/mol. The zero-order valence-corrected chi connectivity index (χ0v) is 13.6. The van der Waals surface area contributed by atoms with Crippen LogP contribution in [0.3, 0.4) is 0 Å². The molecule has 0 aromatic carbocycles. The molecule has 0 radical (unpaired) electrons. The minimum absolute atomic E-state index is 0.0671. The van der Waals surface area contributed by atoms with E-state index in [0.29, 0.717) is 6.41 Å². The van der Waals surface area contributed by atoms with Crippen LogP contribution in [0.2, 0.25) is 0 Å². The number of nitrogens with one attached hydrogen (secondary N) is 2. The Balaban J connectivity index is 5.03. The number of hydrogen-bond acceptors (Lipinski definition) is 4. The Hall–Kier alpha value is -1.89. The molecule has 21 heavy (non-hydrogen) atoms. The van der Waals surface area contributed by atoms with E-state index in [9.17, 15) is 14.4 Å². The van der Waals surface area contributed by atoms with Crippen LogP contribution in [0.5, 0.6) is 0 Å². The summed E-state index contributed by atoms with van der Waals surface area (Å²) in [6.45, 7) is 5.59. The molecule has 0 rings (SSSR count). The van der Waals surface area contributed by atoms with E-state index >= 15 is 0 Å². The first-order valence-electron chi connectivity index (χ1n) is 6.83. The predicted octanol–water partition coefficient (Wildman–Crippen LogP) is -0.0404. The number of carbonyl (C=O) groups excluding carboxylic acids is 3. The van der Waals surface area contributed by atoms with Gasteiger partial charge in [-0.1, -0.05) is 19.9 Å². The highest BCUT2D eigenvalue weighted by Gasteiger charge is 2.19. The van der Waals surface area contributed by atoms with Gasteiger partial charge < -0.3 is 10.2 Å². The molecule has 2 N–H and O–H groups in total. The largest absolute Gasteiger partial charge is 0.350 e. The number of carbonyl (C=O) groups is 3. The molecule has 1 unspecified atom stereocenters. The molecule has 0 bridgehead atoms. The lowest BCUT2D eigenvalue weighted by molar-refractivity contribution is -0.129. The van der Waals surface area contributed by atoms with Gasteiger partial charge in [0.15, 0.2) is 0 Å². The fourth-order valence-corrected chi connectivity index (χ4v) is 1.74. The highest BCUT2D eigenvalue weighted by Crippen LogP contribution is 2.17. The molecule has 120 valence electrons. The molecule has 0 aromatic heterocycles. The van der Waals surface area contributed by atoms with Crippen molar-refractivity contribution >= 4 is 18.2 Å². The lowest BCUT2D eigenvalue weighted by Crippen LogP contribution is -2.40. The van der Waals surface area contributed by atoms with E-state index in [2.05, 4.69) is 10.7 Å². The first kappa shape index (κ1) is 19.1. The van der Waals surface area contributed by atoms with Gasteiger partial charge >= 0.3 is 0 Å². The summed E-state index contributed by atoms with van der Waals surface area (Å²) in [5.41, 5.74) is 3.42. The number of nitrogens with zero attached hydrogens (tertiary/aromatic N) is 2. The van der Waals surface area contributed by atoms with Crippen molar-refractivity contribution in [3.05, 3.63) is 11.8 Å². The smallest absolute Gasteiger partial charge is 0.245 e. The predicted molar refractivity (Wildman–Crippen MR) is 80.8 cm³/mol. The van der Waals surface area contributed by atoms with Crippen LogP contribution in [-0.4, -0.2) is 55.8 Å². The van der Waals surface area contributed by atoms with Gasteiger partial charge in [0, 0.05) is 26.8 Å². The minimum atomic E-state index is -0.376. The van der Waals surface area contributed by atoms with Crippen molar-refractivity contribution in [2.24, 2.45) is 11.8 Å². The van der Waals surface area contributed by atoms with E-state index in [1.54, 1.807) is 39.2 Å². The van der Waals surface area contributed by atoms with Gasteiger partial charge in [0.05, 0.1) is 12.5 Å². The van der Waals surface area contributed by atoms with Crippen molar-refractivity contribution in [1.82, 2.24) is 20.7 Å². The van der Waals surface area contributed by atoms with Crippen LogP contribution in [0.1, 0.15) is 20.8 Å². The van der Waals surface area contributed by atoms with Gasteiger partial charge in [-0.15, -0.1) is 0 Å². The Labute approximate surface area is 126 Å². The van der Waals surface area contributed by atoms with Crippen LogP contribution in [0.4, 0.5) is 0 Å². The summed E-state index contributed by atoms with van der Waals surface area (Å²) >= 11 is 0. The lowest BCUT2D eigenvalue weighted by atomic mass is 10.0. The first-order valence-corrected chi connectivity index (χ1v) is 6.83. The van der Waals surface area contributed by atoms with Gasteiger partial charge in [-0.05, 0) is 12.8 Å². The van der Waals surface area contributed by atoms with Gasteiger partial charge in [-0.2, -0.15) is 0 Å². The quantitative estimate of drug-likeness (QED) is 0.487. The van der Waals surface area contributed by atoms with Gasteiger partial charge in [0.25, 0.3) is 0 Å². The lowest BCUT2D eigenvalue weighted by Gasteiger charge is -2.25. The zero-order valence-electron chi connectivity index (χ0n) is 13.6. The van der Waals surface area contributed by atoms with Crippen molar-refractivity contribution in [2.75, 3.05) is 27.7 Å². The highest BCUT2D eigenvalue weighted by molar-refractivity contribution is 5.82. The molecule has 0 heterocycles. The summed E-state index contributed by atoms with van der Waals surface area (Å²) in [4.78, 5) is 35.6. The Kier molecular flexibility index (Phi) is 8.30. The maximum atomic E-state index is 11.9. The molecule has 0 spiro atoms. The second-order valence-corrected chi connectivity index (χ2v) is 5.36. The van der Waals surface area contributed by atoms with E-state index in [4.69, 9.17) is 0 Å². The second kappa shape index (κ2) is 9.12. The van der Waals surface area contributed by atoms with Crippen LogP contribution in [0.25, 0.3) is 0 Å². The van der Waals surface area contributed by atoms with Crippen molar-refractivity contribution < 1.29 is 14.4 Å². The average Bonchev–Trinajstić information content (AvgIpc) is 2.39. The third-order valence-corrected chi connectivity index (χ3v) is 2.86. The van der Waals surface area contributed by atoms with E-state index in [0.717, 1.165) is 5.70 Å². The fourth-order valence-electron chi connectivity index (χ4n) is 1.74. The van der Waals surface area contributed by atoms with Crippen molar-refractivity contribution in [3.63, 3.8) is 0 Å². The van der Waals surface area contributed by atoms with E-state index < -0.39 is 0 Å². The number of hydrazine groups is 1. The summed E-state index contributed by atoms with van der Waals surface area (Å²) in [6.07, 6.45) is 2.25. The molecule has 0 aliphatic carbocycles. The summed E-state index contributed by atoms with van der Waals surface area (Å²) < 4.78 is 0. The number of likely N-dealkylation sites (N-methyl/N-ethyl adjacent to an activating group) is 1. The summed E-state index contributed by atoms with van der Waals surface area (Å²) in [5.74, 6) is -0.684. The zero-order chi connectivity index (χ0) is 16.6. The van der Waals surface area contributed by atoms with Crippen LogP contribution in [0.15, 0.2) is 11.8 Å². The molecule has 7 nitrogen and oxygen atoms in total. The number of hydrogen-bond donors (Lipinski definition) is 2. The van der Waals surface area contributed by atoms with Crippen molar-refractivity contribution in [1.29, 1.82) is 0 Å². The van der Waals surface area contributed by atoms with Crippen LogP contribution < -0.4 is 10.7 Å². The van der Waals surface area contributed by atoms with Gasteiger partial charge in [-0.3, -0.25) is 19.8 Å². The molecule has 3 amide bonds. The normalized spacial score (nSPS) is 13.0. The summed E-state index contributed by atoms with van der Waals surface area (Å²) in [7, 11) is 5.11. The van der Waals surface area contributed by atoms with Crippen LogP contribution in [-0.2, 0) is 14.4 Å². The SMILES string of the molecule is CC(/C=C(\C(C)C)N(C)C(=O)CNC=O)C(=O)NN(C)C. The first-order chi connectivity index (χ1) is 9.70. The van der Waals surface area contributed by atoms with Crippen LogP contribution >= 0.6 is 0 Å². The second-order valence-electron chi connectivity index (χ2n) is 5.36. The maximum absolute atomic E-state index is 11.9. The van der Waals surface area contributed by atoms with Crippen molar-refractivity contribution in [3.8, 4) is 0 Å². The van der Waals surface area contributed by atoms with Gasteiger partial charge in [0.1, 0.15) is 0 Å². The monoisotopic (exact) mass is 298 g/mol. The summed E-state index contributed by atoms with van der Waals surface area (Å²) in [5, 5.41) is 3.91. The average molecular weight is 298 g/mol. The molecule has 0 aliphatic heterocycles. The standard InChI is InChI=1S/C14H26N4O3/c1-10(2)12(18(6)13(20)8-15-9-19)7-11(3)14(21)16-17(4)5/h7,9-11H,8H2,1-6H3,(H,15,19)(H,16,21)/b12-7+. The Morgan fingerprint density at radius 1 is 1.14 bits per heavy atom.